The lowest BCUT2D eigenvalue weighted by Gasteiger charge is -2.04. The molecule has 0 saturated heterocycles. The molecule has 1 aromatic heterocycles. The molecule has 1 heterocycles. The molecule has 2 aromatic carbocycles. The SMILES string of the molecule is COc1ccc(C=CC(=O)c2ccc(-n3ccnc3)cc2)cc1O. The summed E-state index contributed by atoms with van der Waals surface area (Å²) in [6, 6.07) is 12.2. The van der Waals surface area contributed by atoms with Crippen molar-refractivity contribution in [2.45, 2.75) is 0 Å². The lowest BCUT2D eigenvalue weighted by Crippen LogP contribution is -1.96. The Morgan fingerprint density at radius 3 is 2.62 bits per heavy atom. The van der Waals surface area contributed by atoms with Gasteiger partial charge in [0, 0.05) is 23.6 Å². The van der Waals surface area contributed by atoms with Gasteiger partial charge in [-0.25, -0.2) is 4.98 Å². The predicted molar refractivity (Wildman–Crippen MR) is 91.6 cm³/mol. The Kier molecular flexibility index (Phi) is 4.43. The number of ketones is 1. The summed E-state index contributed by atoms with van der Waals surface area (Å²) < 4.78 is 6.85. The van der Waals surface area contributed by atoms with Gasteiger partial charge >= 0.3 is 0 Å². The minimum atomic E-state index is -0.109. The van der Waals surface area contributed by atoms with E-state index in [0.717, 1.165) is 11.3 Å². The first-order valence-electron chi connectivity index (χ1n) is 7.35. The van der Waals surface area contributed by atoms with Crippen LogP contribution < -0.4 is 4.74 Å². The minimum absolute atomic E-state index is 0.0387. The molecule has 0 fully saturated rings. The molecule has 0 aliphatic heterocycles. The first-order valence-corrected chi connectivity index (χ1v) is 7.35. The van der Waals surface area contributed by atoms with E-state index in [-0.39, 0.29) is 11.5 Å². The van der Waals surface area contributed by atoms with Crippen LogP contribution in [-0.4, -0.2) is 27.6 Å². The summed E-state index contributed by atoms with van der Waals surface area (Å²) >= 11 is 0. The van der Waals surface area contributed by atoms with E-state index in [4.69, 9.17) is 4.74 Å². The van der Waals surface area contributed by atoms with Crippen LogP contribution in [-0.2, 0) is 0 Å². The summed E-state index contributed by atoms with van der Waals surface area (Å²) in [5.41, 5.74) is 2.25. The van der Waals surface area contributed by atoms with E-state index in [0.29, 0.717) is 11.3 Å². The van der Waals surface area contributed by atoms with Crippen molar-refractivity contribution in [3.8, 4) is 17.2 Å². The monoisotopic (exact) mass is 320 g/mol. The molecule has 120 valence electrons. The number of imidazole rings is 1. The molecule has 0 amide bonds. The Morgan fingerprint density at radius 2 is 2.00 bits per heavy atom. The van der Waals surface area contributed by atoms with Crippen LogP contribution in [0.1, 0.15) is 15.9 Å². The minimum Gasteiger partial charge on any atom is -0.504 e. The molecule has 3 aromatic rings. The molecule has 5 heteroatoms. The number of hydrogen-bond acceptors (Lipinski definition) is 4. The van der Waals surface area contributed by atoms with Gasteiger partial charge in [-0.15, -0.1) is 0 Å². The maximum Gasteiger partial charge on any atom is 0.185 e. The molecule has 0 bridgehead atoms. The van der Waals surface area contributed by atoms with E-state index in [1.807, 2.05) is 22.9 Å². The van der Waals surface area contributed by atoms with E-state index < -0.39 is 0 Å². The van der Waals surface area contributed by atoms with Gasteiger partial charge in [0.25, 0.3) is 0 Å². The zero-order chi connectivity index (χ0) is 16.9. The van der Waals surface area contributed by atoms with Gasteiger partial charge in [-0.2, -0.15) is 0 Å². The number of aromatic nitrogens is 2. The number of rotatable bonds is 5. The molecule has 0 aliphatic carbocycles. The molecular formula is C19H16N2O3. The van der Waals surface area contributed by atoms with Crippen molar-refractivity contribution in [1.82, 2.24) is 9.55 Å². The van der Waals surface area contributed by atoms with Gasteiger partial charge in [0.15, 0.2) is 17.3 Å². The van der Waals surface area contributed by atoms with Crippen LogP contribution in [0.5, 0.6) is 11.5 Å². The van der Waals surface area contributed by atoms with E-state index >= 15 is 0 Å². The van der Waals surface area contributed by atoms with Crippen LogP contribution >= 0.6 is 0 Å². The molecule has 0 unspecified atom stereocenters. The highest BCUT2D eigenvalue weighted by Gasteiger charge is 2.04. The molecule has 0 radical (unpaired) electrons. The largest absolute Gasteiger partial charge is 0.504 e. The van der Waals surface area contributed by atoms with Gasteiger partial charge in [0.05, 0.1) is 13.4 Å². The predicted octanol–water partition coefficient (Wildman–Crippen LogP) is 3.48. The Bertz CT molecular complexity index is 866. The number of phenolic OH excluding ortho intramolecular Hbond substituents is 1. The van der Waals surface area contributed by atoms with E-state index in [1.165, 1.54) is 13.2 Å². The number of carbonyl (C=O) groups is 1. The number of nitrogens with zero attached hydrogens (tertiary/aromatic N) is 2. The fourth-order valence-electron chi connectivity index (χ4n) is 2.29. The third-order valence-electron chi connectivity index (χ3n) is 3.58. The standard InChI is InChI=1S/C19H16N2O3/c1-24-19-9-3-14(12-18(19)23)2-8-17(22)15-4-6-16(7-5-15)21-11-10-20-13-21/h2-13,23H,1H3. The summed E-state index contributed by atoms with van der Waals surface area (Å²) in [6.07, 6.45) is 8.38. The van der Waals surface area contributed by atoms with Crippen molar-refractivity contribution in [3.05, 3.63) is 78.4 Å². The molecule has 3 rings (SSSR count). The summed E-state index contributed by atoms with van der Waals surface area (Å²) in [6.45, 7) is 0. The van der Waals surface area contributed by atoms with Crippen LogP contribution in [0, 0.1) is 0 Å². The van der Waals surface area contributed by atoms with Crippen LogP contribution in [0.3, 0.4) is 0 Å². The number of allylic oxidation sites excluding steroid dienone is 1. The fraction of sp³-hybridized carbons (Fsp3) is 0.0526. The van der Waals surface area contributed by atoms with E-state index in [2.05, 4.69) is 4.98 Å². The van der Waals surface area contributed by atoms with Gasteiger partial charge in [0.1, 0.15) is 0 Å². The first kappa shape index (κ1) is 15.6. The molecule has 1 N–H and O–H groups in total. The Morgan fingerprint density at radius 1 is 1.21 bits per heavy atom. The quantitative estimate of drug-likeness (QED) is 0.577. The maximum atomic E-state index is 12.2. The lowest BCUT2D eigenvalue weighted by atomic mass is 10.1. The molecule has 0 spiro atoms. The number of methoxy groups -OCH3 is 1. The van der Waals surface area contributed by atoms with Crippen molar-refractivity contribution < 1.29 is 14.6 Å². The second-order valence-electron chi connectivity index (χ2n) is 5.15. The number of carbonyl (C=O) groups excluding carboxylic acids is 1. The van der Waals surface area contributed by atoms with Crippen LogP contribution in [0.2, 0.25) is 0 Å². The third-order valence-corrected chi connectivity index (χ3v) is 3.58. The average Bonchev–Trinajstić information content (AvgIpc) is 3.14. The third kappa shape index (κ3) is 3.35. The van der Waals surface area contributed by atoms with Gasteiger partial charge < -0.3 is 14.4 Å². The lowest BCUT2D eigenvalue weighted by molar-refractivity contribution is 0.104. The van der Waals surface area contributed by atoms with E-state index in [1.54, 1.807) is 48.9 Å². The zero-order valence-electron chi connectivity index (χ0n) is 13.1. The topological polar surface area (TPSA) is 64.4 Å². The number of benzene rings is 2. The highest BCUT2D eigenvalue weighted by atomic mass is 16.5. The number of aromatic hydroxyl groups is 1. The van der Waals surface area contributed by atoms with E-state index in [9.17, 15) is 9.90 Å². The molecule has 0 aliphatic rings. The van der Waals surface area contributed by atoms with Crippen LogP contribution in [0.4, 0.5) is 0 Å². The van der Waals surface area contributed by atoms with Crippen LogP contribution in [0.25, 0.3) is 11.8 Å². The summed E-state index contributed by atoms with van der Waals surface area (Å²) in [5, 5.41) is 9.74. The van der Waals surface area contributed by atoms with Crippen molar-refractivity contribution >= 4 is 11.9 Å². The maximum absolute atomic E-state index is 12.2. The highest BCUT2D eigenvalue weighted by Crippen LogP contribution is 2.26. The normalized spacial score (nSPS) is 10.9. The second-order valence-corrected chi connectivity index (χ2v) is 5.15. The van der Waals surface area contributed by atoms with Crippen LogP contribution in [0.15, 0.2) is 67.3 Å². The molecule has 5 nitrogen and oxygen atoms in total. The first-order chi connectivity index (χ1) is 11.7. The van der Waals surface area contributed by atoms with Crippen molar-refractivity contribution in [3.63, 3.8) is 0 Å². The van der Waals surface area contributed by atoms with Gasteiger partial charge in [-0.1, -0.05) is 12.1 Å². The molecule has 0 saturated carbocycles. The fourth-order valence-corrected chi connectivity index (χ4v) is 2.29. The van der Waals surface area contributed by atoms with Gasteiger partial charge in [-0.05, 0) is 48.0 Å². The van der Waals surface area contributed by atoms with Gasteiger partial charge in [-0.3, -0.25) is 4.79 Å². The average molecular weight is 320 g/mol. The number of phenols is 1. The summed E-state index contributed by atoms with van der Waals surface area (Å²) in [4.78, 5) is 16.2. The second kappa shape index (κ2) is 6.83. The van der Waals surface area contributed by atoms with Gasteiger partial charge in [0.2, 0.25) is 0 Å². The number of hydrogen-bond donors (Lipinski definition) is 1. The van der Waals surface area contributed by atoms with Crippen molar-refractivity contribution in [2.75, 3.05) is 7.11 Å². The Hall–Kier alpha value is -3.34. The molecular weight excluding hydrogens is 304 g/mol. The zero-order valence-corrected chi connectivity index (χ0v) is 13.1. The molecule has 24 heavy (non-hydrogen) atoms. The number of ether oxygens (including phenoxy) is 1. The summed E-state index contributed by atoms with van der Waals surface area (Å²) in [5.74, 6) is 0.327. The Balaban J connectivity index is 1.73. The Labute approximate surface area is 139 Å². The smallest absolute Gasteiger partial charge is 0.185 e. The summed E-state index contributed by atoms with van der Waals surface area (Å²) in [7, 11) is 1.49. The highest BCUT2D eigenvalue weighted by molar-refractivity contribution is 6.06. The molecule has 0 atom stereocenters. The van der Waals surface area contributed by atoms with Crippen molar-refractivity contribution in [2.24, 2.45) is 0 Å². The van der Waals surface area contributed by atoms with Crippen molar-refractivity contribution in [1.29, 1.82) is 0 Å².